The van der Waals surface area contributed by atoms with E-state index in [1.165, 1.54) is 0 Å². The molecular weight excluding hydrogens is 864 g/mol. The zero-order chi connectivity index (χ0) is 45.9. The quantitative estimate of drug-likeness (QED) is 0.0602. The number of nitrogens with one attached hydrogen (secondary N) is 2. The Kier molecular flexibility index (Phi) is 17.6. The predicted molar refractivity (Wildman–Crippen MR) is 185 cm³/mol. The van der Waals surface area contributed by atoms with Crippen LogP contribution in [0.25, 0.3) is 0 Å². The molecule has 0 saturated carbocycles. The van der Waals surface area contributed by atoms with Crippen LogP contribution >= 0.6 is 0 Å². The molecule has 0 unspecified atom stereocenters. The van der Waals surface area contributed by atoms with Crippen molar-refractivity contribution in [2.45, 2.75) is 149 Å². The van der Waals surface area contributed by atoms with E-state index in [-0.39, 0.29) is 0 Å². The molecule has 4 rings (SSSR count). The lowest BCUT2D eigenvalue weighted by atomic mass is 9.88. The van der Waals surface area contributed by atoms with E-state index in [1.54, 1.807) is 0 Å². The van der Waals surface area contributed by atoms with Crippen LogP contribution in [-0.4, -0.2) is 252 Å². The normalized spacial score (nSPS) is 43.2. The van der Waals surface area contributed by atoms with Gasteiger partial charge in [0.25, 0.3) is 5.79 Å². The average molecular weight is 917 g/mol. The molecular formula is C31H52N2O27S. The smallest absolute Gasteiger partial charge is 0.397 e. The van der Waals surface area contributed by atoms with E-state index in [4.69, 9.17) is 33.2 Å². The lowest BCUT2D eigenvalue weighted by molar-refractivity contribution is -0.400. The van der Waals surface area contributed by atoms with Crippen LogP contribution in [0.3, 0.4) is 0 Å². The Hall–Kier alpha value is -2.48. The number of amides is 2. The third-order valence-electron chi connectivity index (χ3n) is 10.2. The molecule has 4 aliphatic heterocycles. The van der Waals surface area contributed by atoms with Gasteiger partial charge in [0.15, 0.2) is 18.9 Å². The van der Waals surface area contributed by atoms with Gasteiger partial charge < -0.3 is 110 Å². The van der Waals surface area contributed by atoms with Gasteiger partial charge in [0.05, 0.1) is 38.6 Å². The second kappa shape index (κ2) is 21.0. The first-order valence-electron chi connectivity index (χ1n) is 18.4. The van der Waals surface area contributed by atoms with Gasteiger partial charge in [-0.2, -0.15) is 8.42 Å². The van der Waals surface area contributed by atoms with Gasteiger partial charge >= 0.3 is 16.4 Å². The number of aliphatic carboxylic acids is 1. The highest BCUT2D eigenvalue weighted by Crippen LogP contribution is 2.40. The van der Waals surface area contributed by atoms with Crippen LogP contribution in [-0.2, 0) is 62.1 Å². The van der Waals surface area contributed by atoms with E-state index in [0.29, 0.717) is 0 Å². The minimum atomic E-state index is -5.47. The summed E-state index contributed by atoms with van der Waals surface area (Å²) in [6, 6.07) is -3.62. The van der Waals surface area contributed by atoms with Crippen LogP contribution in [0.1, 0.15) is 20.3 Å². The fourth-order valence-electron chi connectivity index (χ4n) is 7.29. The standard InChI is InChI=1S/C31H52N2O27S/c1-8(38)32-15-10(40)3-31(30(48)49,58-25(15)18(42)12(5-35)60-61(50,51)52)59-26-22(46)29(56-23-13(6-36)53-27(47)21(45)20(23)44)55-14(7-37)24(26)57-28-16(33-9(2)39)19(43)17(41)11(4-34)54-28/h10-29,34-37,40-47H,3-7H2,1-2H3,(H,32,38)(H,33,39)(H,48,49)(H,50,51,52)/t10-,11+,12+,13+,14+,15+,16+,17-,18+,19+,20+,21+,22+,23+,24-,25+,26+,27+,28-,29-,31-/m0/s1. The second-order valence-electron chi connectivity index (χ2n) is 14.5. The second-order valence-corrected chi connectivity index (χ2v) is 15.6. The molecule has 29 nitrogen and oxygen atoms in total. The number of aliphatic hydroxyl groups is 12. The largest absolute Gasteiger partial charge is 0.477 e. The molecule has 0 radical (unpaired) electrons. The number of hydrogen-bond donors (Lipinski definition) is 16. The van der Waals surface area contributed by atoms with E-state index in [1.807, 2.05) is 0 Å². The predicted octanol–water partition coefficient (Wildman–Crippen LogP) is -10.4. The Morgan fingerprint density at radius 3 is 1.79 bits per heavy atom. The molecule has 2 amide bonds. The van der Waals surface area contributed by atoms with Crippen LogP contribution in [0.15, 0.2) is 0 Å². The van der Waals surface area contributed by atoms with Gasteiger partial charge in [0.1, 0.15) is 91.5 Å². The molecule has 0 bridgehead atoms. The molecule has 16 N–H and O–H groups in total. The molecule has 30 heteroatoms. The van der Waals surface area contributed by atoms with Crippen molar-refractivity contribution in [3.05, 3.63) is 0 Å². The fraction of sp³-hybridized carbons (Fsp3) is 0.903. The number of hydrogen-bond acceptors (Lipinski definition) is 25. The van der Waals surface area contributed by atoms with Gasteiger partial charge in [-0.05, 0) is 0 Å². The first kappa shape index (κ1) is 51.2. The summed E-state index contributed by atoms with van der Waals surface area (Å²) >= 11 is 0. The van der Waals surface area contributed by atoms with Gasteiger partial charge in [-0.3, -0.25) is 14.1 Å². The van der Waals surface area contributed by atoms with Crippen molar-refractivity contribution in [1.82, 2.24) is 10.6 Å². The third kappa shape index (κ3) is 11.6. The molecule has 21 atom stereocenters. The lowest BCUT2D eigenvalue weighted by Gasteiger charge is -2.52. The zero-order valence-electron chi connectivity index (χ0n) is 32.1. The highest BCUT2D eigenvalue weighted by molar-refractivity contribution is 7.80. The molecule has 0 spiro atoms. The van der Waals surface area contributed by atoms with E-state index < -0.39 is 189 Å². The third-order valence-corrected chi connectivity index (χ3v) is 10.7. The van der Waals surface area contributed by atoms with Crippen LogP contribution in [0.4, 0.5) is 0 Å². The summed E-state index contributed by atoms with van der Waals surface area (Å²) in [5, 5.41) is 142. The summed E-state index contributed by atoms with van der Waals surface area (Å²) in [4.78, 5) is 37.6. The van der Waals surface area contributed by atoms with Crippen molar-refractivity contribution in [2.75, 3.05) is 26.4 Å². The van der Waals surface area contributed by atoms with Gasteiger partial charge in [-0.15, -0.1) is 0 Å². The number of carbonyl (C=O) groups is 3. The summed E-state index contributed by atoms with van der Waals surface area (Å²) < 4.78 is 76.1. The van der Waals surface area contributed by atoms with Crippen LogP contribution in [0.2, 0.25) is 0 Å². The van der Waals surface area contributed by atoms with E-state index >= 15 is 0 Å². The van der Waals surface area contributed by atoms with Crippen LogP contribution in [0.5, 0.6) is 0 Å². The molecule has 354 valence electrons. The SMILES string of the molecule is CC(=O)N[C@H]1[C@H](O[C@@H]2[C@H](O[C@]3(C(=O)O)C[C@H](O)[C@@H](NC(C)=O)[C@H]([C@H](O)[C@@H](CO)OS(=O)(=O)O)O3)[C@@H](O)[C@H](O[C@H]3[C@H](O)[C@@H](O)[C@H](O)O[C@@H]3CO)O[C@@H]2CO)O[C@H](CO)[C@H](O)[C@@H]1O. The van der Waals surface area contributed by atoms with Crippen molar-refractivity contribution in [1.29, 1.82) is 0 Å². The summed E-state index contributed by atoms with van der Waals surface area (Å²) in [5.41, 5.74) is 0. The summed E-state index contributed by atoms with van der Waals surface area (Å²) in [7, 11) is -5.47. The maximum absolute atomic E-state index is 13.3. The van der Waals surface area contributed by atoms with Gasteiger partial charge in [-0.1, -0.05) is 0 Å². The van der Waals surface area contributed by atoms with Crippen molar-refractivity contribution in [3.63, 3.8) is 0 Å². The number of ether oxygens (including phenoxy) is 7. The highest BCUT2D eigenvalue weighted by atomic mass is 32.3. The van der Waals surface area contributed by atoms with E-state index in [0.717, 1.165) is 13.8 Å². The Bertz CT molecular complexity index is 1600. The highest BCUT2D eigenvalue weighted by Gasteiger charge is 2.61. The fourth-order valence-corrected chi connectivity index (χ4v) is 7.78. The Morgan fingerprint density at radius 1 is 0.721 bits per heavy atom. The van der Waals surface area contributed by atoms with Crippen molar-refractivity contribution >= 4 is 28.2 Å². The summed E-state index contributed by atoms with van der Waals surface area (Å²) in [6.45, 7) is -2.72. The van der Waals surface area contributed by atoms with E-state index in [2.05, 4.69) is 14.8 Å². The zero-order valence-corrected chi connectivity index (χ0v) is 32.9. The molecule has 0 aromatic heterocycles. The molecule has 0 aliphatic carbocycles. The first-order valence-corrected chi connectivity index (χ1v) is 19.7. The lowest BCUT2D eigenvalue weighted by Crippen LogP contribution is -2.72. The number of carbonyl (C=O) groups excluding carboxylic acids is 2. The molecule has 4 fully saturated rings. The molecule has 4 saturated heterocycles. The molecule has 0 aromatic rings. The Morgan fingerprint density at radius 2 is 1.26 bits per heavy atom. The maximum Gasteiger partial charge on any atom is 0.397 e. The number of carboxylic acids is 1. The summed E-state index contributed by atoms with van der Waals surface area (Å²) in [6.07, 6.45) is -39.3. The molecule has 0 aromatic carbocycles. The number of rotatable bonds is 17. The molecule has 4 aliphatic rings. The maximum atomic E-state index is 13.3. The first-order chi connectivity index (χ1) is 28.4. The minimum Gasteiger partial charge on any atom is -0.477 e. The molecule has 61 heavy (non-hydrogen) atoms. The van der Waals surface area contributed by atoms with Crippen LogP contribution in [0, 0.1) is 0 Å². The van der Waals surface area contributed by atoms with E-state index in [9.17, 15) is 93.7 Å². The number of aliphatic hydroxyl groups excluding tert-OH is 12. The Balaban J connectivity index is 1.85. The van der Waals surface area contributed by atoms with Gasteiger partial charge in [0.2, 0.25) is 11.8 Å². The summed E-state index contributed by atoms with van der Waals surface area (Å²) in [5.74, 6) is -7.38. The average Bonchev–Trinajstić information content (AvgIpc) is 3.18. The van der Waals surface area contributed by atoms with Crippen molar-refractivity contribution in [2.24, 2.45) is 0 Å². The minimum absolute atomic E-state index is 0.846. The van der Waals surface area contributed by atoms with Gasteiger partial charge in [0, 0.05) is 20.3 Å². The van der Waals surface area contributed by atoms with Crippen molar-refractivity contribution < 1.29 is 131 Å². The van der Waals surface area contributed by atoms with Crippen molar-refractivity contribution in [3.8, 4) is 0 Å². The van der Waals surface area contributed by atoms with Crippen LogP contribution < -0.4 is 10.6 Å². The Labute approximate surface area is 344 Å². The monoisotopic (exact) mass is 916 g/mol. The topological polar surface area (TPSA) is 466 Å². The van der Waals surface area contributed by atoms with Gasteiger partial charge in [-0.25, -0.2) is 8.98 Å². The molecule has 4 heterocycles. The number of carboxylic acid groups (broad SMARTS) is 1.